The van der Waals surface area contributed by atoms with Gasteiger partial charge in [0.15, 0.2) is 0 Å². The Bertz CT molecular complexity index is 2060. The van der Waals surface area contributed by atoms with Crippen molar-refractivity contribution in [2.24, 2.45) is 0 Å². The van der Waals surface area contributed by atoms with Crippen molar-refractivity contribution in [3.05, 3.63) is 120 Å². The van der Waals surface area contributed by atoms with Gasteiger partial charge in [-0.15, -0.1) is 0 Å². The summed E-state index contributed by atoms with van der Waals surface area (Å²) in [4.78, 5) is 8.61. The van der Waals surface area contributed by atoms with Gasteiger partial charge >= 0.3 is 7.12 Å². The van der Waals surface area contributed by atoms with E-state index in [1.54, 1.807) is 24.5 Å². The van der Waals surface area contributed by atoms with Crippen molar-refractivity contribution in [2.75, 3.05) is 0 Å². The number of para-hydroxylation sites is 2. The molecule has 0 saturated carbocycles. The second-order valence-electron chi connectivity index (χ2n) is 12.0. The second kappa shape index (κ2) is 10.9. The van der Waals surface area contributed by atoms with Crippen LogP contribution in [0.4, 0.5) is 0 Å². The molecule has 0 radical (unpaired) electrons. The maximum Gasteiger partial charge on any atom is 0.494 e. The fourth-order valence-corrected chi connectivity index (χ4v) is 6.17. The van der Waals surface area contributed by atoms with Gasteiger partial charge in [0.25, 0.3) is 0 Å². The number of fused-ring (bicyclic) bond motifs is 6. The molecule has 1 saturated heterocycles. The van der Waals surface area contributed by atoms with Crippen LogP contribution in [0.25, 0.3) is 49.3 Å². The van der Waals surface area contributed by atoms with Gasteiger partial charge in [-0.05, 0) is 69.6 Å². The zero-order valence-electron chi connectivity index (χ0n) is 24.9. The van der Waals surface area contributed by atoms with Gasteiger partial charge < -0.3 is 13.9 Å². The third kappa shape index (κ3) is 4.83. The SMILES string of the molecule is CC1(C)OB(c2cccc(-n3c4ccccc4c4ccccc43)c2)OC1(C)C.Clc1ccnc2c1ccc1c(Cl)ccnc12. The molecule has 0 N–H and O–H groups in total. The van der Waals surface area contributed by atoms with Crippen molar-refractivity contribution in [3.63, 3.8) is 0 Å². The molecule has 0 aliphatic carbocycles. The summed E-state index contributed by atoms with van der Waals surface area (Å²) in [6.07, 6.45) is 3.35. The standard InChI is InChI=1S/C24H24BNO2.C12H6Cl2N2/c1-23(2)24(3,4)28-25(27-23)17-10-9-11-18(16-17)26-21-14-7-5-12-19(21)20-13-6-8-15-22(20)26;13-9-3-5-15-11-7(9)1-2-8-10(14)4-6-16-12(8)11/h5-16H,1-4H3;1-6H. The van der Waals surface area contributed by atoms with Crippen LogP contribution in [-0.2, 0) is 9.31 Å². The van der Waals surface area contributed by atoms with Crippen LogP contribution in [0.15, 0.2) is 109 Å². The Kier molecular flexibility index (Phi) is 7.14. The average Bonchev–Trinajstić information content (AvgIpc) is 3.47. The minimum atomic E-state index is -0.363. The first-order chi connectivity index (χ1) is 21.1. The van der Waals surface area contributed by atoms with E-state index < -0.39 is 0 Å². The second-order valence-corrected chi connectivity index (χ2v) is 12.8. The molecule has 0 atom stereocenters. The number of hydrogen-bond acceptors (Lipinski definition) is 4. The summed E-state index contributed by atoms with van der Waals surface area (Å²) in [6, 6.07) is 33.0. The summed E-state index contributed by atoms with van der Waals surface area (Å²) in [6.45, 7) is 8.35. The lowest BCUT2D eigenvalue weighted by Crippen LogP contribution is -2.41. The van der Waals surface area contributed by atoms with Gasteiger partial charge in [0, 0.05) is 39.6 Å². The Labute approximate surface area is 266 Å². The smallest absolute Gasteiger partial charge is 0.399 e. The number of pyridine rings is 2. The average molecular weight is 618 g/mol. The first-order valence-electron chi connectivity index (χ1n) is 14.6. The summed E-state index contributed by atoms with van der Waals surface area (Å²) in [5, 5.41) is 5.67. The molecule has 218 valence electrons. The van der Waals surface area contributed by atoms with Crippen molar-refractivity contribution in [1.82, 2.24) is 14.5 Å². The van der Waals surface area contributed by atoms with E-state index in [9.17, 15) is 0 Å². The molecule has 8 rings (SSSR count). The summed E-state index contributed by atoms with van der Waals surface area (Å²) < 4.78 is 14.9. The van der Waals surface area contributed by atoms with Crippen LogP contribution in [-0.4, -0.2) is 32.9 Å². The zero-order valence-corrected chi connectivity index (χ0v) is 26.4. The molecule has 0 spiro atoms. The predicted octanol–water partition coefficient (Wildman–Crippen LogP) is 9.17. The van der Waals surface area contributed by atoms with E-state index in [1.807, 2.05) is 12.1 Å². The van der Waals surface area contributed by atoms with E-state index in [1.165, 1.54) is 21.8 Å². The number of aromatic nitrogens is 3. The van der Waals surface area contributed by atoms with Crippen LogP contribution in [0.5, 0.6) is 0 Å². The van der Waals surface area contributed by atoms with E-state index in [-0.39, 0.29) is 18.3 Å². The minimum Gasteiger partial charge on any atom is -0.399 e. The lowest BCUT2D eigenvalue weighted by atomic mass is 9.79. The molecule has 4 aromatic carbocycles. The molecule has 1 aliphatic heterocycles. The van der Waals surface area contributed by atoms with Gasteiger partial charge in [0.2, 0.25) is 0 Å². The van der Waals surface area contributed by atoms with Crippen molar-refractivity contribution in [1.29, 1.82) is 0 Å². The van der Waals surface area contributed by atoms with Crippen molar-refractivity contribution < 1.29 is 9.31 Å². The van der Waals surface area contributed by atoms with Crippen LogP contribution in [0.3, 0.4) is 0 Å². The van der Waals surface area contributed by atoms with Crippen LogP contribution in [0.2, 0.25) is 10.0 Å². The summed E-state index contributed by atoms with van der Waals surface area (Å²) in [7, 11) is -0.363. The molecule has 3 aromatic heterocycles. The highest BCUT2D eigenvalue weighted by atomic mass is 35.5. The molecule has 0 bridgehead atoms. The van der Waals surface area contributed by atoms with Crippen LogP contribution in [0.1, 0.15) is 27.7 Å². The zero-order chi connectivity index (χ0) is 30.6. The van der Waals surface area contributed by atoms with Crippen LogP contribution >= 0.6 is 23.2 Å². The highest BCUT2D eigenvalue weighted by Crippen LogP contribution is 2.37. The van der Waals surface area contributed by atoms with Gasteiger partial charge in [0.1, 0.15) is 0 Å². The number of halogens is 2. The lowest BCUT2D eigenvalue weighted by molar-refractivity contribution is 0.00578. The highest BCUT2D eigenvalue weighted by Gasteiger charge is 2.51. The third-order valence-corrected chi connectivity index (χ3v) is 9.41. The molecule has 5 nitrogen and oxygen atoms in total. The molecule has 1 aliphatic rings. The third-order valence-electron chi connectivity index (χ3n) is 8.75. The number of rotatable bonds is 2. The minimum absolute atomic E-state index is 0.347. The Hall–Kier alpha value is -3.94. The van der Waals surface area contributed by atoms with E-state index in [4.69, 9.17) is 32.5 Å². The predicted molar refractivity (Wildman–Crippen MR) is 184 cm³/mol. The molecular weight excluding hydrogens is 588 g/mol. The van der Waals surface area contributed by atoms with Gasteiger partial charge in [0.05, 0.1) is 43.3 Å². The van der Waals surface area contributed by atoms with E-state index in [0.29, 0.717) is 10.0 Å². The number of hydrogen-bond donors (Lipinski definition) is 0. The Morgan fingerprint density at radius 1 is 0.591 bits per heavy atom. The number of nitrogens with zero attached hydrogens (tertiary/aromatic N) is 3. The molecule has 0 unspecified atom stereocenters. The van der Waals surface area contributed by atoms with Gasteiger partial charge in [-0.25, -0.2) is 0 Å². The molecule has 7 aromatic rings. The summed E-state index contributed by atoms with van der Waals surface area (Å²) in [5.41, 5.74) is 5.44. The quantitative estimate of drug-likeness (QED) is 0.143. The van der Waals surface area contributed by atoms with Crippen molar-refractivity contribution in [2.45, 2.75) is 38.9 Å². The van der Waals surface area contributed by atoms with Gasteiger partial charge in [-0.2, -0.15) is 0 Å². The van der Waals surface area contributed by atoms with Crippen LogP contribution in [0, 0.1) is 0 Å². The first-order valence-corrected chi connectivity index (χ1v) is 15.3. The molecule has 8 heteroatoms. The van der Waals surface area contributed by atoms with E-state index in [2.05, 4.69) is 115 Å². The molecule has 4 heterocycles. The fourth-order valence-electron chi connectivity index (χ4n) is 5.75. The summed E-state index contributed by atoms with van der Waals surface area (Å²) in [5.74, 6) is 0. The largest absolute Gasteiger partial charge is 0.494 e. The first kappa shape index (κ1) is 28.8. The molecule has 1 fully saturated rings. The monoisotopic (exact) mass is 617 g/mol. The molecular formula is C36H30BCl2N3O2. The lowest BCUT2D eigenvalue weighted by Gasteiger charge is -2.32. The van der Waals surface area contributed by atoms with E-state index >= 15 is 0 Å². The fraction of sp³-hybridized carbons (Fsp3) is 0.167. The van der Waals surface area contributed by atoms with Crippen molar-refractivity contribution >= 4 is 79.4 Å². The van der Waals surface area contributed by atoms with Crippen molar-refractivity contribution in [3.8, 4) is 5.69 Å². The normalized spacial score (nSPS) is 15.6. The Morgan fingerprint density at radius 2 is 1.09 bits per heavy atom. The molecule has 0 amide bonds. The molecule has 44 heavy (non-hydrogen) atoms. The van der Waals surface area contributed by atoms with Gasteiger partial charge in [-0.1, -0.05) is 83.9 Å². The number of benzene rings is 4. The van der Waals surface area contributed by atoms with Crippen LogP contribution < -0.4 is 5.46 Å². The highest BCUT2D eigenvalue weighted by molar-refractivity contribution is 6.62. The topological polar surface area (TPSA) is 49.2 Å². The Balaban J connectivity index is 0.000000165. The maximum absolute atomic E-state index is 6.27. The Morgan fingerprint density at radius 3 is 1.61 bits per heavy atom. The van der Waals surface area contributed by atoms with E-state index in [0.717, 1.165) is 33.0 Å². The van der Waals surface area contributed by atoms with Gasteiger partial charge in [-0.3, -0.25) is 9.97 Å². The maximum atomic E-state index is 6.27. The summed E-state index contributed by atoms with van der Waals surface area (Å²) >= 11 is 12.2.